The molecule has 0 saturated heterocycles. The van der Waals surface area contributed by atoms with Crippen LogP contribution in [0.1, 0.15) is 5.69 Å². The fourth-order valence-electron chi connectivity index (χ4n) is 2.52. The minimum Gasteiger partial charge on any atom is -0.496 e. The van der Waals surface area contributed by atoms with Gasteiger partial charge in [-0.3, -0.25) is 5.10 Å². The molecule has 132 valence electrons. The van der Waals surface area contributed by atoms with Crippen molar-refractivity contribution in [1.82, 2.24) is 24.6 Å². The van der Waals surface area contributed by atoms with Crippen LogP contribution in [0.4, 0.5) is 0 Å². The third kappa shape index (κ3) is 3.51. The molecular formula is C17H13Cl2N5OS. The van der Waals surface area contributed by atoms with Gasteiger partial charge in [-0.15, -0.1) is 5.10 Å². The van der Waals surface area contributed by atoms with E-state index < -0.39 is 0 Å². The summed E-state index contributed by atoms with van der Waals surface area (Å²) in [5.74, 6) is 1.93. The molecule has 0 fully saturated rings. The molecule has 4 aromatic rings. The van der Waals surface area contributed by atoms with Crippen molar-refractivity contribution in [3.8, 4) is 17.1 Å². The fourth-order valence-corrected chi connectivity index (χ4v) is 3.54. The van der Waals surface area contributed by atoms with Crippen molar-refractivity contribution in [3.05, 3.63) is 58.5 Å². The lowest BCUT2D eigenvalue weighted by molar-refractivity contribution is 0.416. The maximum Gasteiger partial charge on any atom is 0.209 e. The molecule has 9 heteroatoms. The largest absolute Gasteiger partial charge is 0.496 e. The molecule has 0 amide bonds. The lowest BCUT2D eigenvalue weighted by Crippen LogP contribution is -1.89. The predicted octanol–water partition coefficient (Wildman–Crippen LogP) is 4.73. The van der Waals surface area contributed by atoms with E-state index in [-0.39, 0.29) is 0 Å². The highest BCUT2D eigenvalue weighted by Gasteiger charge is 2.13. The van der Waals surface area contributed by atoms with E-state index in [0.29, 0.717) is 32.5 Å². The third-order valence-corrected chi connectivity index (χ3v) is 5.04. The number of benzene rings is 1. The molecule has 0 radical (unpaired) electrons. The van der Waals surface area contributed by atoms with Crippen LogP contribution in [0.2, 0.25) is 10.0 Å². The summed E-state index contributed by atoms with van der Waals surface area (Å²) >= 11 is 13.6. The van der Waals surface area contributed by atoms with E-state index in [1.807, 2.05) is 28.9 Å². The fraction of sp³-hybridized carbons (Fsp3) is 0.118. The normalized spacial score (nSPS) is 11.2. The Balaban J connectivity index is 1.52. The summed E-state index contributed by atoms with van der Waals surface area (Å²) < 4.78 is 7.26. The van der Waals surface area contributed by atoms with E-state index in [1.165, 1.54) is 11.8 Å². The topological polar surface area (TPSA) is 68.1 Å². The van der Waals surface area contributed by atoms with Crippen LogP contribution in [0.5, 0.6) is 5.75 Å². The van der Waals surface area contributed by atoms with E-state index in [4.69, 9.17) is 27.9 Å². The van der Waals surface area contributed by atoms with Gasteiger partial charge in [0.1, 0.15) is 11.4 Å². The van der Waals surface area contributed by atoms with Crippen LogP contribution < -0.4 is 4.74 Å². The molecule has 26 heavy (non-hydrogen) atoms. The lowest BCUT2D eigenvalue weighted by Gasteiger charge is -2.05. The maximum atomic E-state index is 6.08. The highest BCUT2D eigenvalue weighted by atomic mass is 35.5. The number of pyridine rings is 1. The number of thioether (sulfide) groups is 1. The zero-order chi connectivity index (χ0) is 18.1. The van der Waals surface area contributed by atoms with Gasteiger partial charge in [-0.25, -0.2) is 9.97 Å². The van der Waals surface area contributed by atoms with Crippen molar-refractivity contribution in [3.63, 3.8) is 0 Å². The molecule has 0 unspecified atom stereocenters. The van der Waals surface area contributed by atoms with E-state index >= 15 is 0 Å². The average molecular weight is 406 g/mol. The molecular weight excluding hydrogens is 393 g/mol. The van der Waals surface area contributed by atoms with Crippen molar-refractivity contribution in [1.29, 1.82) is 0 Å². The van der Waals surface area contributed by atoms with Gasteiger partial charge in [0.15, 0.2) is 5.82 Å². The van der Waals surface area contributed by atoms with Crippen LogP contribution in [0.15, 0.2) is 47.9 Å². The van der Waals surface area contributed by atoms with Gasteiger partial charge >= 0.3 is 0 Å². The maximum absolute atomic E-state index is 6.08. The summed E-state index contributed by atoms with van der Waals surface area (Å²) in [6.45, 7) is 0. The van der Waals surface area contributed by atoms with Crippen LogP contribution >= 0.6 is 35.0 Å². The zero-order valence-electron chi connectivity index (χ0n) is 13.6. The number of rotatable bonds is 5. The lowest BCUT2D eigenvalue weighted by atomic mass is 10.2. The van der Waals surface area contributed by atoms with E-state index in [2.05, 4.69) is 20.2 Å². The number of imidazole rings is 1. The second-order valence-corrected chi connectivity index (χ2v) is 7.26. The van der Waals surface area contributed by atoms with E-state index in [9.17, 15) is 0 Å². The number of ether oxygens (including phenoxy) is 1. The van der Waals surface area contributed by atoms with Gasteiger partial charge in [0.2, 0.25) is 5.16 Å². The summed E-state index contributed by atoms with van der Waals surface area (Å²) in [5.41, 5.74) is 2.54. The minimum atomic E-state index is 0.605. The molecule has 3 aromatic heterocycles. The summed E-state index contributed by atoms with van der Waals surface area (Å²) in [6, 6.07) is 9.06. The molecule has 0 bridgehead atoms. The zero-order valence-corrected chi connectivity index (χ0v) is 15.9. The number of nitrogens with zero attached hydrogens (tertiary/aromatic N) is 4. The summed E-state index contributed by atoms with van der Waals surface area (Å²) in [4.78, 5) is 9.07. The van der Waals surface area contributed by atoms with Gasteiger partial charge in [0.05, 0.1) is 23.4 Å². The van der Waals surface area contributed by atoms with E-state index in [0.717, 1.165) is 16.9 Å². The average Bonchev–Trinajstić information content (AvgIpc) is 3.26. The van der Waals surface area contributed by atoms with Crippen LogP contribution in [0, 0.1) is 0 Å². The first-order valence-corrected chi connectivity index (χ1v) is 9.39. The van der Waals surface area contributed by atoms with Gasteiger partial charge in [0, 0.05) is 23.2 Å². The standard InChI is InChI=1S/C17H13Cl2N5OS/c1-25-14-4-2-10(18)6-13(14)16-21-17(23-22-16)26-9-12-8-24-7-11(19)3-5-15(24)20-12/h2-8H,9H2,1H3,(H,21,22,23). The molecule has 1 aromatic carbocycles. The number of hydrogen-bond acceptors (Lipinski definition) is 5. The Hall–Kier alpha value is -2.22. The predicted molar refractivity (Wildman–Crippen MR) is 103 cm³/mol. The van der Waals surface area contributed by atoms with Crippen molar-refractivity contribution < 1.29 is 4.74 Å². The van der Waals surface area contributed by atoms with Crippen molar-refractivity contribution in [2.75, 3.05) is 7.11 Å². The number of halogens is 2. The number of nitrogens with one attached hydrogen (secondary N) is 1. The summed E-state index contributed by atoms with van der Waals surface area (Å²) in [7, 11) is 1.61. The molecule has 0 saturated carbocycles. The molecule has 0 spiro atoms. The first kappa shape index (κ1) is 17.2. The van der Waals surface area contributed by atoms with Gasteiger partial charge < -0.3 is 9.14 Å². The molecule has 6 nitrogen and oxygen atoms in total. The van der Waals surface area contributed by atoms with E-state index in [1.54, 1.807) is 25.3 Å². The molecule has 4 rings (SSSR count). The number of H-pyrrole nitrogens is 1. The Bertz CT molecular complexity index is 1080. The quantitative estimate of drug-likeness (QED) is 0.486. The first-order chi connectivity index (χ1) is 12.6. The van der Waals surface area contributed by atoms with Crippen molar-refractivity contribution in [2.24, 2.45) is 0 Å². The number of hydrogen-bond donors (Lipinski definition) is 1. The smallest absolute Gasteiger partial charge is 0.209 e. The molecule has 1 N–H and O–H groups in total. The van der Waals surface area contributed by atoms with Gasteiger partial charge in [-0.2, -0.15) is 0 Å². The molecule has 3 heterocycles. The first-order valence-electron chi connectivity index (χ1n) is 7.64. The van der Waals surface area contributed by atoms with Crippen LogP contribution in [0.3, 0.4) is 0 Å². The Labute approximate surface area is 163 Å². The molecule has 0 aliphatic heterocycles. The van der Waals surface area contributed by atoms with Crippen LogP contribution in [-0.4, -0.2) is 31.7 Å². The minimum absolute atomic E-state index is 0.605. The third-order valence-electron chi connectivity index (χ3n) is 3.70. The SMILES string of the molecule is COc1ccc(Cl)cc1-c1nc(SCc2cn3cc(Cl)ccc3n2)n[nH]1. The van der Waals surface area contributed by atoms with Gasteiger partial charge in [-0.1, -0.05) is 35.0 Å². The summed E-state index contributed by atoms with van der Waals surface area (Å²) in [5, 5.41) is 9.08. The highest BCUT2D eigenvalue weighted by Crippen LogP contribution is 2.31. The molecule has 0 aliphatic rings. The Morgan fingerprint density at radius 2 is 1.96 bits per heavy atom. The number of aromatic nitrogens is 5. The molecule has 0 atom stereocenters. The number of fused-ring (bicyclic) bond motifs is 1. The second kappa shape index (κ2) is 7.19. The van der Waals surface area contributed by atoms with Crippen molar-refractivity contribution in [2.45, 2.75) is 10.9 Å². The monoisotopic (exact) mass is 405 g/mol. The summed E-state index contributed by atoms with van der Waals surface area (Å²) in [6.07, 6.45) is 3.77. The number of aromatic amines is 1. The van der Waals surface area contributed by atoms with Crippen LogP contribution in [0.25, 0.3) is 17.0 Å². The molecule has 0 aliphatic carbocycles. The van der Waals surface area contributed by atoms with Crippen LogP contribution in [-0.2, 0) is 5.75 Å². The van der Waals surface area contributed by atoms with Gasteiger partial charge in [0.25, 0.3) is 0 Å². The Kier molecular flexibility index (Phi) is 4.76. The Morgan fingerprint density at radius 3 is 2.81 bits per heavy atom. The number of methoxy groups -OCH3 is 1. The van der Waals surface area contributed by atoms with Crippen molar-refractivity contribution >= 4 is 40.6 Å². The van der Waals surface area contributed by atoms with Gasteiger partial charge in [-0.05, 0) is 30.3 Å². The Morgan fingerprint density at radius 1 is 1.12 bits per heavy atom. The highest BCUT2D eigenvalue weighted by molar-refractivity contribution is 7.98. The second-order valence-electron chi connectivity index (χ2n) is 5.44.